The summed E-state index contributed by atoms with van der Waals surface area (Å²) in [5.41, 5.74) is 2.27. The molecule has 0 spiro atoms. The third kappa shape index (κ3) is 4.70. The maximum Gasteiger partial charge on any atom is 0.272 e. The lowest BCUT2D eigenvalue weighted by Gasteiger charge is -2.47. The molecule has 1 N–H and O–H groups in total. The summed E-state index contributed by atoms with van der Waals surface area (Å²) in [6.07, 6.45) is 7.56. The van der Waals surface area contributed by atoms with Gasteiger partial charge in [0.1, 0.15) is 11.4 Å². The van der Waals surface area contributed by atoms with Crippen molar-refractivity contribution in [2.24, 2.45) is 0 Å². The molecule has 6 nitrogen and oxygen atoms in total. The van der Waals surface area contributed by atoms with E-state index in [-0.39, 0.29) is 17.9 Å². The molecule has 2 aromatic heterocycles. The number of nitrogens with one attached hydrogen (secondary N) is 1. The van der Waals surface area contributed by atoms with E-state index in [9.17, 15) is 9.59 Å². The molecule has 3 heterocycles. The summed E-state index contributed by atoms with van der Waals surface area (Å²) in [5, 5.41) is 3.45. The van der Waals surface area contributed by atoms with Crippen LogP contribution in [-0.4, -0.2) is 34.4 Å². The number of nitrogens with zero attached hydrogens (tertiary/aromatic N) is 2. The minimum absolute atomic E-state index is 0.0918. The first-order valence-electron chi connectivity index (χ1n) is 14.5. The number of benzene rings is 2. The van der Waals surface area contributed by atoms with E-state index in [1.54, 1.807) is 18.4 Å². The molecule has 0 bridgehead atoms. The lowest BCUT2D eigenvalue weighted by molar-refractivity contribution is -0.136. The molecule has 1 saturated carbocycles. The first-order chi connectivity index (χ1) is 19.5. The Morgan fingerprint density at radius 3 is 2.42 bits per heavy atom. The van der Waals surface area contributed by atoms with Gasteiger partial charge in [-0.2, -0.15) is 0 Å². The van der Waals surface area contributed by atoms with Gasteiger partial charge in [0.25, 0.3) is 11.8 Å². The van der Waals surface area contributed by atoms with E-state index in [1.165, 1.54) is 17.7 Å². The van der Waals surface area contributed by atoms with Crippen molar-refractivity contribution in [1.29, 1.82) is 0 Å². The number of ether oxygens (including phenoxy) is 1. The number of aromatic nitrogens is 1. The first kappa shape index (κ1) is 26.6. The van der Waals surface area contributed by atoms with Crippen LogP contribution in [0.5, 0.6) is 5.75 Å². The minimum atomic E-state index is -1.20. The number of rotatable bonds is 7. The summed E-state index contributed by atoms with van der Waals surface area (Å²) in [6.45, 7) is 2.84. The van der Waals surface area contributed by atoms with Crippen LogP contribution in [-0.2, 0) is 29.8 Å². The topological polar surface area (TPSA) is 63.6 Å². The van der Waals surface area contributed by atoms with E-state index in [1.807, 2.05) is 65.6 Å². The fourth-order valence-corrected chi connectivity index (χ4v) is 7.42. The fraction of sp³-hybridized carbons (Fsp3) is 0.394. The monoisotopic (exact) mass is 555 g/mol. The van der Waals surface area contributed by atoms with E-state index in [0.29, 0.717) is 18.8 Å². The lowest BCUT2D eigenvalue weighted by Crippen LogP contribution is -2.63. The van der Waals surface area contributed by atoms with Gasteiger partial charge in [-0.15, -0.1) is 11.3 Å². The van der Waals surface area contributed by atoms with Crippen molar-refractivity contribution in [2.75, 3.05) is 7.11 Å². The second-order valence-electron chi connectivity index (χ2n) is 11.1. The second-order valence-corrected chi connectivity index (χ2v) is 12.2. The van der Waals surface area contributed by atoms with Crippen LogP contribution < -0.4 is 10.1 Å². The summed E-state index contributed by atoms with van der Waals surface area (Å²) >= 11 is 1.73. The highest BCUT2D eigenvalue weighted by Crippen LogP contribution is 2.42. The molecule has 1 unspecified atom stereocenters. The predicted octanol–water partition coefficient (Wildman–Crippen LogP) is 6.66. The van der Waals surface area contributed by atoms with Gasteiger partial charge in [0.15, 0.2) is 5.54 Å². The zero-order chi connectivity index (χ0) is 27.7. The number of hydrogen-bond donors (Lipinski definition) is 1. The third-order valence-electron chi connectivity index (χ3n) is 8.62. The summed E-state index contributed by atoms with van der Waals surface area (Å²) in [6, 6.07) is 22.0. The molecule has 0 radical (unpaired) electrons. The standard InChI is InChI=1S/C33H37N3O3S/c1-3-27-19-28-30(40-27)20-29-31(37)36(21-23-15-17-26(39-2)18-16-23)33(22-35(28)29,24-11-7-6-8-12-24)32(38)34-25-13-9-4-5-10-14-25/h6-8,11-12,15-20,25H,3-5,9-10,13-14,21-22H2,1-2H3,(H,34,38). The van der Waals surface area contributed by atoms with Crippen molar-refractivity contribution >= 4 is 33.4 Å². The maximum atomic E-state index is 14.7. The van der Waals surface area contributed by atoms with Crippen LogP contribution in [0.1, 0.15) is 71.9 Å². The minimum Gasteiger partial charge on any atom is -0.497 e. The molecule has 0 saturated heterocycles. The van der Waals surface area contributed by atoms with Crippen molar-refractivity contribution in [3.63, 3.8) is 0 Å². The summed E-state index contributed by atoms with van der Waals surface area (Å²) in [5.74, 6) is 0.546. The quantitative estimate of drug-likeness (QED) is 0.259. The van der Waals surface area contributed by atoms with E-state index < -0.39 is 5.54 Å². The molecular weight excluding hydrogens is 518 g/mol. The van der Waals surface area contributed by atoms with Gasteiger partial charge in [-0.05, 0) is 54.7 Å². The van der Waals surface area contributed by atoms with Crippen molar-refractivity contribution in [3.8, 4) is 5.75 Å². The average molecular weight is 556 g/mol. The van der Waals surface area contributed by atoms with Crippen molar-refractivity contribution in [3.05, 3.63) is 88.4 Å². The number of amides is 2. The van der Waals surface area contributed by atoms with Crippen molar-refractivity contribution in [1.82, 2.24) is 14.8 Å². The Labute approximate surface area is 239 Å². The van der Waals surface area contributed by atoms with Gasteiger partial charge >= 0.3 is 0 Å². The Hall–Kier alpha value is -3.58. The highest BCUT2D eigenvalue weighted by Gasteiger charge is 2.53. The maximum absolute atomic E-state index is 14.7. The molecule has 4 aromatic rings. The van der Waals surface area contributed by atoms with Crippen LogP contribution in [0.2, 0.25) is 0 Å². The number of carbonyl (C=O) groups excluding carboxylic acids is 2. The third-order valence-corrected chi connectivity index (χ3v) is 9.83. The number of aryl methyl sites for hydroxylation is 1. The van der Waals surface area contributed by atoms with Gasteiger partial charge in [0.2, 0.25) is 0 Å². The largest absolute Gasteiger partial charge is 0.497 e. The average Bonchev–Trinajstić information content (AvgIpc) is 3.43. The molecule has 1 fully saturated rings. The predicted molar refractivity (Wildman–Crippen MR) is 160 cm³/mol. The van der Waals surface area contributed by atoms with E-state index in [4.69, 9.17) is 4.74 Å². The van der Waals surface area contributed by atoms with Crippen molar-refractivity contribution in [2.45, 2.75) is 76.5 Å². The summed E-state index contributed by atoms with van der Waals surface area (Å²) in [7, 11) is 1.64. The first-order valence-corrected chi connectivity index (χ1v) is 15.3. The van der Waals surface area contributed by atoms with E-state index >= 15 is 0 Å². The molecule has 2 amide bonds. The normalized spacial score (nSPS) is 19.9. The number of carbonyl (C=O) groups is 2. The molecule has 1 atom stereocenters. The molecule has 2 aromatic carbocycles. The van der Waals surface area contributed by atoms with Gasteiger partial charge < -0.3 is 19.5 Å². The van der Waals surface area contributed by atoms with Gasteiger partial charge in [-0.3, -0.25) is 9.59 Å². The highest BCUT2D eigenvalue weighted by molar-refractivity contribution is 7.19. The van der Waals surface area contributed by atoms with E-state index in [2.05, 4.69) is 22.9 Å². The van der Waals surface area contributed by atoms with Gasteiger partial charge in [0, 0.05) is 17.5 Å². The number of hydrogen-bond acceptors (Lipinski definition) is 4. The van der Waals surface area contributed by atoms with Gasteiger partial charge in [-0.25, -0.2) is 0 Å². The fourth-order valence-electron chi connectivity index (χ4n) is 6.38. The number of fused-ring (bicyclic) bond motifs is 3. The Morgan fingerprint density at radius 1 is 1.02 bits per heavy atom. The molecular formula is C33H37N3O3S. The Kier molecular flexibility index (Phi) is 7.41. The van der Waals surface area contributed by atoms with Crippen LogP contribution in [0.4, 0.5) is 0 Å². The van der Waals surface area contributed by atoms with Crippen LogP contribution in [0, 0.1) is 0 Å². The number of methoxy groups -OCH3 is 1. The molecule has 1 aliphatic carbocycles. The molecule has 40 heavy (non-hydrogen) atoms. The smallest absolute Gasteiger partial charge is 0.272 e. The molecule has 2 aliphatic rings. The summed E-state index contributed by atoms with van der Waals surface area (Å²) < 4.78 is 8.56. The Bertz CT molecular complexity index is 1500. The van der Waals surface area contributed by atoms with Crippen LogP contribution in [0.15, 0.2) is 66.7 Å². The second kappa shape index (κ2) is 11.1. The zero-order valence-electron chi connectivity index (χ0n) is 23.3. The number of thiophene rings is 1. The van der Waals surface area contributed by atoms with Crippen LogP contribution in [0.3, 0.4) is 0 Å². The Balaban J connectivity index is 1.51. The molecule has 6 rings (SSSR count). The summed E-state index contributed by atoms with van der Waals surface area (Å²) in [4.78, 5) is 32.3. The van der Waals surface area contributed by atoms with Gasteiger partial charge in [-0.1, -0.05) is 75.1 Å². The zero-order valence-corrected chi connectivity index (χ0v) is 24.1. The lowest BCUT2D eigenvalue weighted by atomic mass is 9.83. The van der Waals surface area contributed by atoms with Crippen LogP contribution in [0.25, 0.3) is 10.2 Å². The highest BCUT2D eigenvalue weighted by atomic mass is 32.1. The molecule has 208 valence electrons. The van der Waals surface area contributed by atoms with Crippen LogP contribution >= 0.6 is 11.3 Å². The SMILES string of the molecule is CCc1cc2c(cc3n2CC(C(=O)NC2CCCCCC2)(c2ccccc2)N(Cc2ccc(OC)cc2)C3=O)s1. The van der Waals surface area contributed by atoms with Crippen molar-refractivity contribution < 1.29 is 14.3 Å². The van der Waals surface area contributed by atoms with Gasteiger partial charge in [0.05, 0.1) is 23.9 Å². The molecule has 1 aliphatic heterocycles. The van der Waals surface area contributed by atoms with E-state index in [0.717, 1.165) is 59.2 Å². The molecule has 7 heteroatoms. The Morgan fingerprint density at radius 2 is 1.75 bits per heavy atom.